The van der Waals surface area contributed by atoms with Crippen LogP contribution in [0, 0.1) is 0 Å². The monoisotopic (exact) mass is 301 g/mol. The minimum Gasteiger partial charge on any atom is -0.295 e. The Hall–Kier alpha value is -0.910. The van der Waals surface area contributed by atoms with Gasteiger partial charge in [-0.15, -0.1) is 0 Å². The molecule has 0 aromatic heterocycles. The molecule has 1 aliphatic rings. The first-order valence-corrected chi connectivity index (χ1v) is 8.27. The fraction of sp³-hybridized carbons (Fsp3) is 0.462. The molecule has 1 unspecified atom stereocenters. The Balaban J connectivity index is 1.97. The lowest BCUT2D eigenvalue weighted by molar-refractivity contribution is 0.0926. The van der Waals surface area contributed by atoms with Crippen LogP contribution in [0.1, 0.15) is 16.8 Å². The van der Waals surface area contributed by atoms with Crippen LogP contribution in [0.15, 0.2) is 24.3 Å². The van der Waals surface area contributed by atoms with E-state index in [-0.39, 0.29) is 29.9 Å². The zero-order valence-electron chi connectivity index (χ0n) is 10.7. The van der Waals surface area contributed by atoms with Gasteiger partial charge in [0.2, 0.25) is 0 Å². The first kappa shape index (κ1) is 14.5. The first-order valence-electron chi connectivity index (χ1n) is 6.07. The molecule has 1 aromatic rings. The minimum absolute atomic E-state index is 0.0246. The number of Topliss-reactive ketones (excluding diaryl/α,β-unsaturated/α-hetero) is 1. The molecule has 104 valence electrons. The summed E-state index contributed by atoms with van der Waals surface area (Å²) in [4.78, 5) is 13.9. The number of hydrogen-bond donors (Lipinski definition) is 0. The van der Waals surface area contributed by atoms with Gasteiger partial charge in [0.1, 0.15) is 0 Å². The third-order valence-corrected chi connectivity index (χ3v) is 5.39. The van der Waals surface area contributed by atoms with E-state index in [0.29, 0.717) is 17.0 Å². The van der Waals surface area contributed by atoms with E-state index >= 15 is 0 Å². The van der Waals surface area contributed by atoms with Crippen molar-refractivity contribution in [2.75, 3.05) is 25.1 Å². The third-order valence-electron chi connectivity index (χ3n) is 3.39. The molecule has 1 aliphatic heterocycles. The maximum absolute atomic E-state index is 12.1. The van der Waals surface area contributed by atoms with Crippen molar-refractivity contribution >= 4 is 27.2 Å². The molecule has 1 heterocycles. The number of benzene rings is 1. The average molecular weight is 302 g/mol. The van der Waals surface area contributed by atoms with Crippen LogP contribution in [-0.4, -0.2) is 50.2 Å². The quantitative estimate of drug-likeness (QED) is 0.794. The molecule has 1 atom stereocenters. The van der Waals surface area contributed by atoms with Gasteiger partial charge in [0.15, 0.2) is 15.6 Å². The van der Waals surface area contributed by atoms with Crippen molar-refractivity contribution in [2.24, 2.45) is 0 Å². The van der Waals surface area contributed by atoms with E-state index in [1.165, 1.54) is 0 Å². The van der Waals surface area contributed by atoms with Crippen LogP contribution in [0.25, 0.3) is 0 Å². The molecule has 19 heavy (non-hydrogen) atoms. The second kappa shape index (κ2) is 5.61. The molecule has 2 rings (SSSR count). The highest BCUT2D eigenvalue weighted by molar-refractivity contribution is 7.91. The van der Waals surface area contributed by atoms with Crippen LogP contribution in [0.4, 0.5) is 0 Å². The lowest BCUT2D eigenvalue weighted by Gasteiger charge is -2.22. The molecule has 0 radical (unpaired) electrons. The summed E-state index contributed by atoms with van der Waals surface area (Å²) in [5.41, 5.74) is 0.595. The molecule has 1 aromatic carbocycles. The predicted molar refractivity (Wildman–Crippen MR) is 75.5 cm³/mol. The van der Waals surface area contributed by atoms with Crippen molar-refractivity contribution in [3.63, 3.8) is 0 Å². The van der Waals surface area contributed by atoms with Gasteiger partial charge in [0.25, 0.3) is 0 Å². The number of halogens is 1. The molecule has 6 heteroatoms. The van der Waals surface area contributed by atoms with Crippen molar-refractivity contribution in [3.05, 3.63) is 34.9 Å². The minimum atomic E-state index is -2.92. The number of sulfone groups is 1. The molecule has 0 saturated carbocycles. The Morgan fingerprint density at radius 3 is 2.53 bits per heavy atom. The van der Waals surface area contributed by atoms with E-state index in [2.05, 4.69) is 0 Å². The highest BCUT2D eigenvalue weighted by Crippen LogP contribution is 2.17. The van der Waals surface area contributed by atoms with E-state index in [4.69, 9.17) is 11.6 Å². The molecule has 0 aliphatic carbocycles. The number of ketones is 1. The van der Waals surface area contributed by atoms with Gasteiger partial charge in [0, 0.05) is 16.6 Å². The predicted octanol–water partition coefficient (Wildman–Crippen LogP) is 1.64. The lowest BCUT2D eigenvalue weighted by atomic mass is 10.1. The smallest absolute Gasteiger partial charge is 0.176 e. The molecular formula is C13H16ClNO3S. The number of hydrogen-bond acceptors (Lipinski definition) is 4. The van der Waals surface area contributed by atoms with Crippen molar-refractivity contribution in [1.29, 1.82) is 0 Å². The summed E-state index contributed by atoms with van der Waals surface area (Å²) >= 11 is 5.77. The summed E-state index contributed by atoms with van der Waals surface area (Å²) in [5.74, 6) is 0.345. The Labute approximate surface area is 118 Å². The highest BCUT2D eigenvalue weighted by atomic mass is 35.5. The summed E-state index contributed by atoms with van der Waals surface area (Å²) in [6.07, 6.45) is 0.604. The van der Waals surface area contributed by atoms with Crippen LogP contribution < -0.4 is 0 Å². The fourth-order valence-electron chi connectivity index (χ4n) is 2.21. The van der Waals surface area contributed by atoms with E-state index in [0.717, 1.165) is 0 Å². The number of carbonyl (C=O) groups excluding carboxylic acids is 1. The highest BCUT2D eigenvalue weighted by Gasteiger charge is 2.31. The second-order valence-corrected chi connectivity index (χ2v) is 7.57. The maximum atomic E-state index is 12.1. The normalized spacial score (nSPS) is 21.7. The molecule has 4 nitrogen and oxygen atoms in total. The Kier molecular flexibility index (Phi) is 4.28. The van der Waals surface area contributed by atoms with Crippen molar-refractivity contribution in [1.82, 2.24) is 4.90 Å². The summed E-state index contributed by atoms with van der Waals surface area (Å²) in [6.45, 7) is 0.224. The summed E-state index contributed by atoms with van der Waals surface area (Å²) in [6, 6.07) is 6.67. The van der Waals surface area contributed by atoms with E-state index < -0.39 is 9.84 Å². The van der Waals surface area contributed by atoms with Crippen LogP contribution in [0.3, 0.4) is 0 Å². The zero-order valence-corrected chi connectivity index (χ0v) is 12.2. The molecular weight excluding hydrogens is 286 g/mol. The fourth-order valence-corrected chi connectivity index (χ4v) is 4.14. The summed E-state index contributed by atoms with van der Waals surface area (Å²) < 4.78 is 22.8. The van der Waals surface area contributed by atoms with Crippen LogP contribution in [0.2, 0.25) is 5.02 Å². The van der Waals surface area contributed by atoms with E-state index in [9.17, 15) is 13.2 Å². The van der Waals surface area contributed by atoms with Crippen molar-refractivity contribution in [2.45, 2.75) is 12.5 Å². The van der Waals surface area contributed by atoms with Crippen molar-refractivity contribution < 1.29 is 13.2 Å². The van der Waals surface area contributed by atoms with Gasteiger partial charge in [-0.3, -0.25) is 9.69 Å². The van der Waals surface area contributed by atoms with Crippen LogP contribution in [0.5, 0.6) is 0 Å². The topological polar surface area (TPSA) is 54.5 Å². The molecule has 0 amide bonds. The lowest BCUT2D eigenvalue weighted by Crippen LogP contribution is -2.36. The SMILES string of the molecule is CN(CC(=O)c1ccc(Cl)cc1)C1CCS(=O)(=O)C1. The first-order chi connectivity index (χ1) is 8.87. The van der Waals surface area contributed by atoms with Gasteiger partial charge in [-0.2, -0.15) is 0 Å². The molecule has 0 spiro atoms. The Morgan fingerprint density at radius 2 is 2.00 bits per heavy atom. The Bertz CT molecular complexity index is 568. The van der Waals surface area contributed by atoms with Gasteiger partial charge in [-0.1, -0.05) is 11.6 Å². The summed E-state index contributed by atoms with van der Waals surface area (Å²) in [5, 5.41) is 0.590. The van der Waals surface area contributed by atoms with Gasteiger partial charge < -0.3 is 0 Å². The van der Waals surface area contributed by atoms with Crippen molar-refractivity contribution in [3.8, 4) is 0 Å². The maximum Gasteiger partial charge on any atom is 0.176 e. The largest absolute Gasteiger partial charge is 0.295 e. The van der Waals surface area contributed by atoms with Gasteiger partial charge in [-0.05, 0) is 37.7 Å². The molecule has 0 bridgehead atoms. The molecule has 0 N–H and O–H groups in total. The van der Waals surface area contributed by atoms with Gasteiger partial charge in [-0.25, -0.2) is 8.42 Å². The Morgan fingerprint density at radius 1 is 1.37 bits per heavy atom. The average Bonchev–Trinajstić information content (AvgIpc) is 2.70. The number of carbonyl (C=O) groups is 1. The molecule has 1 fully saturated rings. The molecule has 1 saturated heterocycles. The number of nitrogens with zero attached hydrogens (tertiary/aromatic N) is 1. The van der Waals surface area contributed by atoms with E-state index in [1.54, 1.807) is 31.3 Å². The van der Waals surface area contributed by atoms with Crippen LogP contribution in [-0.2, 0) is 9.84 Å². The standard InChI is InChI=1S/C13H16ClNO3S/c1-15(12-6-7-19(17,18)9-12)8-13(16)10-2-4-11(14)5-3-10/h2-5,12H,6-9H2,1H3. The third kappa shape index (κ3) is 3.78. The second-order valence-electron chi connectivity index (χ2n) is 4.90. The van der Waals surface area contributed by atoms with E-state index in [1.807, 2.05) is 4.90 Å². The van der Waals surface area contributed by atoms with Gasteiger partial charge in [0.05, 0.1) is 18.1 Å². The summed E-state index contributed by atoms with van der Waals surface area (Å²) in [7, 11) is -1.13. The zero-order chi connectivity index (χ0) is 14.0. The number of likely N-dealkylation sites (N-methyl/N-ethyl adjacent to an activating group) is 1. The number of rotatable bonds is 4. The van der Waals surface area contributed by atoms with Crippen LogP contribution >= 0.6 is 11.6 Å². The van der Waals surface area contributed by atoms with Gasteiger partial charge >= 0.3 is 0 Å².